The van der Waals surface area contributed by atoms with Gasteiger partial charge in [0, 0.05) is 10.3 Å². The van der Waals surface area contributed by atoms with Gasteiger partial charge >= 0.3 is 5.97 Å². The number of ether oxygens (including phenoxy) is 1. The fourth-order valence-corrected chi connectivity index (χ4v) is 2.47. The highest BCUT2D eigenvalue weighted by molar-refractivity contribution is 8.01. The Bertz CT molecular complexity index is 502. The Morgan fingerprint density at radius 3 is 2.65 bits per heavy atom. The van der Waals surface area contributed by atoms with Gasteiger partial charge in [-0.3, -0.25) is 9.59 Å². The summed E-state index contributed by atoms with van der Waals surface area (Å²) < 4.78 is 4.34. The maximum absolute atomic E-state index is 12.1. The zero-order chi connectivity index (χ0) is 15.3. The van der Waals surface area contributed by atoms with E-state index in [9.17, 15) is 9.59 Å². The van der Waals surface area contributed by atoms with Crippen molar-refractivity contribution < 1.29 is 19.4 Å². The van der Waals surface area contributed by atoms with Crippen LogP contribution in [0.25, 0.3) is 0 Å². The standard InChI is InChI=1S/C14H19NO4S/c1-14(2,12(15)13(17)18)20-8-11(16)9-5-4-6-10(7-9)19-3/h4-7,12H,8,15H2,1-3H3,(H,17,18)/t12-/m0/s1. The molecular weight excluding hydrogens is 278 g/mol. The second-order valence-electron chi connectivity index (χ2n) is 4.86. The van der Waals surface area contributed by atoms with E-state index in [1.165, 1.54) is 18.9 Å². The van der Waals surface area contributed by atoms with Gasteiger partial charge in [-0.05, 0) is 26.0 Å². The molecule has 1 aromatic carbocycles. The number of Topliss-reactive ketones (excluding diaryl/α,β-unsaturated/α-hetero) is 1. The summed E-state index contributed by atoms with van der Waals surface area (Å²) in [7, 11) is 1.54. The topological polar surface area (TPSA) is 89.6 Å². The Labute approximate surface area is 122 Å². The van der Waals surface area contributed by atoms with Gasteiger partial charge in [-0.15, -0.1) is 11.8 Å². The molecule has 0 aromatic heterocycles. The van der Waals surface area contributed by atoms with Crippen LogP contribution >= 0.6 is 11.8 Å². The van der Waals surface area contributed by atoms with Crippen molar-refractivity contribution in [3.8, 4) is 5.75 Å². The minimum Gasteiger partial charge on any atom is -0.497 e. The lowest BCUT2D eigenvalue weighted by Crippen LogP contribution is -2.47. The van der Waals surface area contributed by atoms with Gasteiger partial charge in [-0.1, -0.05) is 12.1 Å². The summed E-state index contributed by atoms with van der Waals surface area (Å²) in [5.74, 6) is -0.375. The van der Waals surface area contributed by atoms with Gasteiger partial charge in [-0.25, -0.2) is 0 Å². The molecule has 0 saturated carbocycles. The fourth-order valence-electron chi connectivity index (χ4n) is 1.52. The van der Waals surface area contributed by atoms with Gasteiger partial charge in [0.25, 0.3) is 0 Å². The first kappa shape index (κ1) is 16.5. The van der Waals surface area contributed by atoms with Gasteiger partial charge in [0.15, 0.2) is 5.78 Å². The second-order valence-corrected chi connectivity index (χ2v) is 6.49. The Morgan fingerprint density at radius 2 is 2.10 bits per heavy atom. The predicted octanol–water partition coefficient (Wildman–Crippen LogP) is 1.80. The molecule has 0 spiro atoms. The molecule has 0 unspecified atom stereocenters. The second kappa shape index (κ2) is 6.76. The summed E-state index contributed by atoms with van der Waals surface area (Å²) in [5.41, 5.74) is 6.15. The quantitative estimate of drug-likeness (QED) is 0.746. The monoisotopic (exact) mass is 297 g/mol. The zero-order valence-corrected chi connectivity index (χ0v) is 12.6. The molecule has 0 radical (unpaired) electrons. The van der Waals surface area contributed by atoms with Gasteiger partial charge in [-0.2, -0.15) is 0 Å². The number of rotatable bonds is 7. The highest BCUT2D eigenvalue weighted by atomic mass is 32.2. The lowest BCUT2D eigenvalue weighted by molar-refractivity contribution is -0.139. The number of carbonyl (C=O) groups is 2. The number of aliphatic carboxylic acids is 1. The molecule has 6 heteroatoms. The normalized spacial score (nSPS) is 12.8. The molecule has 0 bridgehead atoms. The molecule has 0 amide bonds. The van der Waals surface area contributed by atoms with Crippen LogP contribution in [0.5, 0.6) is 5.75 Å². The van der Waals surface area contributed by atoms with Crippen LogP contribution in [0.15, 0.2) is 24.3 Å². The maximum atomic E-state index is 12.1. The van der Waals surface area contributed by atoms with Crippen LogP contribution in [0.3, 0.4) is 0 Å². The molecule has 20 heavy (non-hydrogen) atoms. The SMILES string of the molecule is COc1cccc(C(=O)CSC(C)(C)[C@@H](N)C(=O)O)c1. The molecule has 0 aliphatic rings. The highest BCUT2D eigenvalue weighted by Crippen LogP contribution is 2.28. The molecule has 0 heterocycles. The summed E-state index contributed by atoms with van der Waals surface area (Å²) >= 11 is 1.24. The Hall–Kier alpha value is -1.53. The number of carboxylic acids is 1. The summed E-state index contributed by atoms with van der Waals surface area (Å²) in [6.45, 7) is 3.44. The van der Waals surface area contributed by atoms with Crippen molar-refractivity contribution in [2.75, 3.05) is 12.9 Å². The van der Waals surface area contributed by atoms with Crippen molar-refractivity contribution in [2.45, 2.75) is 24.6 Å². The molecule has 1 rings (SSSR count). The molecule has 0 fully saturated rings. The van der Waals surface area contributed by atoms with Crippen molar-refractivity contribution in [1.29, 1.82) is 0 Å². The third kappa shape index (κ3) is 4.25. The Morgan fingerprint density at radius 1 is 1.45 bits per heavy atom. The van der Waals surface area contributed by atoms with Crippen molar-refractivity contribution in [1.82, 2.24) is 0 Å². The Balaban J connectivity index is 2.69. The molecule has 3 N–H and O–H groups in total. The average Bonchev–Trinajstić information content (AvgIpc) is 2.43. The molecule has 1 aromatic rings. The number of carboxylic acid groups (broad SMARTS) is 1. The minimum atomic E-state index is -1.07. The van der Waals surface area contributed by atoms with Crippen molar-refractivity contribution in [3.05, 3.63) is 29.8 Å². The van der Waals surface area contributed by atoms with Crippen molar-refractivity contribution >= 4 is 23.5 Å². The van der Waals surface area contributed by atoms with Crippen LogP contribution in [-0.4, -0.2) is 40.5 Å². The number of hydrogen-bond acceptors (Lipinski definition) is 5. The molecule has 1 atom stereocenters. The van der Waals surface area contributed by atoms with Gasteiger partial charge in [0.05, 0.1) is 12.9 Å². The van der Waals surface area contributed by atoms with Gasteiger partial charge in [0.2, 0.25) is 0 Å². The zero-order valence-electron chi connectivity index (χ0n) is 11.8. The minimum absolute atomic E-state index is 0.0837. The molecule has 5 nitrogen and oxygen atoms in total. The van der Waals surface area contributed by atoms with E-state index >= 15 is 0 Å². The summed E-state index contributed by atoms with van der Waals surface area (Å²) in [6.07, 6.45) is 0. The molecular formula is C14H19NO4S. The predicted molar refractivity (Wildman–Crippen MR) is 79.5 cm³/mol. The number of ketones is 1. The van der Waals surface area contributed by atoms with E-state index in [1.54, 1.807) is 38.1 Å². The third-order valence-electron chi connectivity index (χ3n) is 2.98. The lowest BCUT2D eigenvalue weighted by Gasteiger charge is -2.27. The van der Waals surface area contributed by atoms with E-state index in [4.69, 9.17) is 15.6 Å². The molecule has 0 saturated heterocycles. The first-order chi connectivity index (χ1) is 9.27. The molecule has 0 aliphatic heterocycles. The number of carbonyl (C=O) groups excluding carboxylic acids is 1. The number of hydrogen-bond donors (Lipinski definition) is 2. The number of methoxy groups -OCH3 is 1. The van der Waals surface area contributed by atoms with Gasteiger partial charge in [0.1, 0.15) is 11.8 Å². The van der Waals surface area contributed by atoms with E-state index in [0.29, 0.717) is 11.3 Å². The third-order valence-corrected chi connectivity index (χ3v) is 4.39. The maximum Gasteiger partial charge on any atom is 0.321 e. The van der Waals surface area contributed by atoms with Crippen LogP contribution in [-0.2, 0) is 4.79 Å². The van der Waals surface area contributed by atoms with E-state index < -0.39 is 16.8 Å². The number of nitrogens with two attached hydrogens (primary N) is 1. The van der Waals surface area contributed by atoms with E-state index in [-0.39, 0.29) is 11.5 Å². The largest absolute Gasteiger partial charge is 0.497 e. The molecule has 0 aliphatic carbocycles. The Kier molecular flexibility index (Phi) is 5.59. The van der Waals surface area contributed by atoms with E-state index in [0.717, 1.165) is 0 Å². The number of benzene rings is 1. The summed E-state index contributed by atoms with van der Waals surface area (Å²) in [5, 5.41) is 8.93. The van der Waals surface area contributed by atoms with E-state index in [2.05, 4.69) is 0 Å². The lowest BCUT2D eigenvalue weighted by atomic mass is 10.1. The van der Waals surface area contributed by atoms with Crippen molar-refractivity contribution in [3.63, 3.8) is 0 Å². The summed E-state index contributed by atoms with van der Waals surface area (Å²) in [6, 6.07) is 5.84. The van der Waals surface area contributed by atoms with Crippen LogP contribution in [0.4, 0.5) is 0 Å². The summed E-state index contributed by atoms with van der Waals surface area (Å²) in [4.78, 5) is 23.0. The fraction of sp³-hybridized carbons (Fsp3) is 0.429. The highest BCUT2D eigenvalue weighted by Gasteiger charge is 2.33. The number of thioether (sulfide) groups is 1. The van der Waals surface area contributed by atoms with Gasteiger partial charge < -0.3 is 15.6 Å². The van der Waals surface area contributed by atoms with E-state index in [1.807, 2.05) is 0 Å². The molecule has 110 valence electrons. The first-order valence-corrected chi connectivity index (χ1v) is 7.06. The van der Waals surface area contributed by atoms with Crippen molar-refractivity contribution in [2.24, 2.45) is 5.73 Å². The van der Waals surface area contributed by atoms with Crippen LogP contribution in [0.1, 0.15) is 24.2 Å². The first-order valence-electron chi connectivity index (χ1n) is 6.07. The smallest absolute Gasteiger partial charge is 0.321 e. The van der Waals surface area contributed by atoms with Crippen LogP contribution in [0.2, 0.25) is 0 Å². The van der Waals surface area contributed by atoms with Crippen LogP contribution < -0.4 is 10.5 Å². The average molecular weight is 297 g/mol. The van der Waals surface area contributed by atoms with Crippen LogP contribution in [0, 0.1) is 0 Å².